The van der Waals surface area contributed by atoms with Crippen molar-refractivity contribution in [2.45, 2.75) is 19.9 Å². The molecule has 0 amide bonds. The number of nitrogens with one attached hydrogen (secondary N) is 1. The van der Waals surface area contributed by atoms with Crippen LogP contribution in [0.4, 0.5) is 5.69 Å². The Balaban J connectivity index is 2.21. The third kappa shape index (κ3) is 3.64. The van der Waals surface area contributed by atoms with E-state index in [1.807, 2.05) is 0 Å². The van der Waals surface area contributed by atoms with E-state index < -0.39 is 4.92 Å². The van der Waals surface area contributed by atoms with E-state index in [-0.39, 0.29) is 5.69 Å². The minimum atomic E-state index is -0.444. The van der Waals surface area contributed by atoms with E-state index in [1.54, 1.807) is 12.3 Å². The summed E-state index contributed by atoms with van der Waals surface area (Å²) in [6, 6.07) is 4.62. The van der Waals surface area contributed by atoms with Gasteiger partial charge < -0.3 is 9.73 Å². The molecule has 0 spiro atoms. The fraction of sp³-hybridized carbons (Fsp3) is 0.308. The third-order valence-electron chi connectivity index (χ3n) is 2.62. The topological polar surface area (TPSA) is 81.2 Å². The molecule has 0 unspecified atom stereocenters. The smallest absolute Gasteiger partial charge is 0.271 e. The summed E-state index contributed by atoms with van der Waals surface area (Å²) >= 11 is 3.25. The molecule has 0 bridgehead atoms. The molecule has 2 rings (SSSR count). The van der Waals surface area contributed by atoms with Crippen LogP contribution in [0.5, 0.6) is 0 Å². The summed E-state index contributed by atoms with van der Waals surface area (Å²) in [4.78, 5) is 14.7. The van der Waals surface area contributed by atoms with Gasteiger partial charge in [0, 0.05) is 28.7 Å². The van der Waals surface area contributed by atoms with Gasteiger partial charge in [0.15, 0.2) is 0 Å². The van der Waals surface area contributed by atoms with Crippen molar-refractivity contribution in [1.82, 2.24) is 10.3 Å². The summed E-state index contributed by atoms with van der Waals surface area (Å²) in [5.41, 5.74) is 1.35. The Morgan fingerprint density at radius 3 is 2.95 bits per heavy atom. The van der Waals surface area contributed by atoms with Gasteiger partial charge in [0.25, 0.3) is 5.69 Å². The molecular weight excluding hydrogens is 326 g/mol. The van der Waals surface area contributed by atoms with E-state index in [0.717, 1.165) is 18.7 Å². The SMILES string of the molecule is CCCNCc1coc(-c2cc(Br)cc([N+](=O)[O-])c2)n1. The molecule has 0 saturated carbocycles. The Kier molecular flexibility index (Phi) is 4.86. The lowest BCUT2D eigenvalue weighted by molar-refractivity contribution is -0.384. The van der Waals surface area contributed by atoms with E-state index in [0.29, 0.717) is 22.5 Å². The van der Waals surface area contributed by atoms with Gasteiger partial charge in [-0.15, -0.1) is 0 Å². The van der Waals surface area contributed by atoms with Gasteiger partial charge in [0.2, 0.25) is 5.89 Å². The summed E-state index contributed by atoms with van der Waals surface area (Å²) in [6.07, 6.45) is 2.60. The highest BCUT2D eigenvalue weighted by Crippen LogP contribution is 2.28. The van der Waals surface area contributed by atoms with Crippen LogP contribution in [0.25, 0.3) is 11.5 Å². The number of nitrogens with zero attached hydrogens (tertiary/aromatic N) is 2. The second-order valence-corrected chi connectivity index (χ2v) is 5.19. The van der Waals surface area contributed by atoms with E-state index in [4.69, 9.17) is 4.42 Å². The molecule has 0 aliphatic carbocycles. The van der Waals surface area contributed by atoms with Crippen molar-refractivity contribution < 1.29 is 9.34 Å². The lowest BCUT2D eigenvalue weighted by atomic mass is 10.2. The van der Waals surface area contributed by atoms with Crippen LogP contribution in [0.15, 0.2) is 33.4 Å². The van der Waals surface area contributed by atoms with Crippen molar-refractivity contribution >= 4 is 21.6 Å². The van der Waals surface area contributed by atoms with Gasteiger partial charge in [-0.2, -0.15) is 0 Å². The number of nitro benzene ring substituents is 1. The molecule has 0 atom stereocenters. The highest BCUT2D eigenvalue weighted by molar-refractivity contribution is 9.10. The monoisotopic (exact) mass is 339 g/mol. The first-order valence-corrected chi connectivity index (χ1v) is 7.00. The second kappa shape index (κ2) is 6.62. The van der Waals surface area contributed by atoms with Crippen molar-refractivity contribution in [2.24, 2.45) is 0 Å². The van der Waals surface area contributed by atoms with Crippen LogP contribution >= 0.6 is 15.9 Å². The molecule has 0 saturated heterocycles. The van der Waals surface area contributed by atoms with Gasteiger partial charge in [-0.1, -0.05) is 22.9 Å². The molecule has 1 aromatic carbocycles. The third-order valence-corrected chi connectivity index (χ3v) is 3.08. The maximum absolute atomic E-state index is 10.8. The minimum Gasteiger partial charge on any atom is -0.444 e. The molecule has 1 heterocycles. The van der Waals surface area contributed by atoms with Crippen LogP contribution in [-0.4, -0.2) is 16.5 Å². The highest BCUT2D eigenvalue weighted by atomic mass is 79.9. The second-order valence-electron chi connectivity index (χ2n) is 4.28. The molecule has 0 aliphatic rings. The van der Waals surface area contributed by atoms with Gasteiger partial charge in [0.1, 0.15) is 6.26 Å². The summed E-state index contributed by atoms with van der Waals surface area (Å²) in [6.45, 7) is 3.61. The average molecular weight is 340 g/mol. The van der Waals surface area contributed by atoms with Crippen molar-refractivity contribution in [3.05, 3.63) is 44.7 Å². The zero-order valence-electron chi connectivity index (χ0n) is 10.9. The molecular formula is C13H14BrN3O3. The van der Waals surface area contributed by atoms with Crippen molar-refractivity contribution in [2.75, 3.05) is 6.54 Å². The lowest BCUT2D eigenvalue weighted by Crippen LogP contribution is -2.13. The molecule has 1 aromatic heterocycles. The van der Waals surface area contributed by atoms with Gasteiger partial charge in [-0.3, -0.25) is 10.1 Å². The quantitative estimate of drug-likeness (QED) is 0.494. The van der Waals surface area contributed by atoms with Gasteiger partial charge in [0.05, 0.1) is 10.6 Å². The normalized spacial score (nSPS) is 10.7. The summed E-state index contributed by atoms with van der Waals surface area (Å²) < 4.78 is 5.99. The minimum absolute atomic E-state index is 0.00164. The number of nitro groups is 1. The van der Waals surface area contributed by atoms with Gasteiger partial charge in [-0.25, -0.2) is 4.98 Å². The molecule has 2 aromatic rings. The maximum atomic E-state index is 10.8. The number of rotatable bonds is 6. The Morgan fingerprint density at radius 2 is 2.25 bits per heavy atom. The van der Waals surface area contributed by atoms with Crippen LogP contribution in [-0.2, 0) is 6.54 Å². The molecule has 6 nitrogen and oxygen atoms in total. The van der Waals surface area contributed by atoms with Crippen molar-refractivity contribution in [3.63, 3.8) is 0 Å². The maximum Gasteiger partial charge on any atom is 0.271 e. The summed E-state index contributed by atoms with van der Waals surface area (Å²) in [5, 5.41) is 14.1. The fourth-order valence-corrected chi connectivity index (χ4v) is 2.20. The van der Waals surface area contributed by atoms with Gasteiger partial charge in [-0.05, 0) is 19.0 Å². The number of oxazole rings is 1. The molecule has 7 heteroatoms. The fourth-order valence-electron chi connectivity index (χ4n) is 1.72. The summed E-state index contributed by atoms with van der Waals surface area (Å²) in [7, 11) is 0. The largest absolute Gasteiger partial charge is 0.444 e. The van der Waals surface area contributed by atoms with Crippen molar-refractivity contribution in [3.8, 4) is 11.5 Å². The number of aromatic nitrogens is 1. The molecule has 106 valence electrons. The van der Waals surface area contributed by atoms with Crippen molar-refractivity contribution in [1.29, 1.82) is 0 Å². The first-order valence-electron chi connectivity index (χ1n) is 6.20. The number of halogens is 1. The highest BCUT2D eigenvalue weighted by Gasteiger charge is 2.13. The van der Waals surface area contributed by atoms with Crippen LogP contribution in [0, 0.1) is 10.1 Å². The number of hydrogen-bond donors (Lipinski definition) is 1. The van der Waals surface area contributed by atoms with Crippen LogP contribution in [0.3, 0.4) is 0 Å². The molecule has 1 N–H and O–H groups in total. The van der Waals surface area contributed by atoms with Gasteiger partial charge >= 0.3 is 0 Å². The Labute approximate surface area is 124 Å². The number of non-ortho nitro benzene ring substituents is 1. The standard InChI is InChI=1S/C13H14BrN3O3/c1-2-3-15-7-11-8-20-13(16-11)9-4-10(14)6-12(5-9)17(18)19/h4-6,8,15H,2-3,7H2,1H3. The van der Waals surface area contributed by atoms with E-state index in [2.05, 4.69) is 33.2 Å². The average Bonchev–Trinajstić information content (AvgIpc) is 2.87. The Hall–Kier alpha value is -1.73. The Bertz CT molecular complexity index is 613. The zero-order valence-corrected chi connectivity index (χ0v) is 12.5. The van der Waals surface area contributed by atoms with E-state index in [1.165, 1.54) is 12.1 Å². The molecule has 0 fully saturated rings. The first-order chi connectivity index (χ1) is 9.60. The Morgan fingerprint density at radius 1 is 1.45 bits per heavy atom. The van der Waals surface area contributed by atoms with E-state index >= 15 is 0 Å². The molecule has 0 aliphatic heterocycles. The van der Waals surface area contributed by atoms with Crippen LogP contribution in [0.2, 0.25) is 0 Å². The lowest BCUT2D eigenvalue weighted by Gasteiger charge is -1.99. The predicted octanol–water partition coefficient (Wildman–Crippen LogP) is 3.51. The van der Waals surface area contributed by atoms with Crippen LogP contribution in [0.1, 0.15) is 19.0 Å². The van der Waals surface area contributed by atoms with E-state index in [9.17, 15) is 10.1 Å². The van der Waals surface area contributed by atoms with Crippen LogP contribution < -0.4 is 5.32 Å². The molecule has 0 radical (unpaired) electrons. The number of benzene rings is 1. The molecule has 20 heavy (non-hydrogen) atoms. The number of hydrogen-bond acceptors (Lipinski definition) is 5. The zero-order chi connectivity index (χ0) is 14.5. The summed E-state index contributed by atoms with van der Waals surface area (Å²) in [5.74, 6) is 0.377. The predicted molar refractivity (Wildman–Crippen MR) is 78.3 cm³/mol. The first kappa shape index (κ1) is 14.7.